The third kappa shape index (κ3) is 7.37. The van der Waals surface area contributed by atoms with Crippen LogP contribution < -0.4 is 5.73 Å². The number of halogens is 3. The maximum Gasteiger partial charge on any atom is 0.416 e. The van der Waals surface area contributed by atoms with Crippen LogP contribution in [0.4, 0.5) is 19.1 Å². The summed E-state index contributed by atoms with van der Waals surface area (Å²) < 4.78 is 47.2. The number of nitrogens with two attached hydrogens (primary N) is 1. The van der Waals surface area contributed by atoms with E-state index in [1.165, 1.54) is 36.5 Å². The van der Waals surface area contributed by atoms with Crippen LogP contribution in [0.5, 0.6) is 0 Å². The van der Waals surface area contributed by atoms with Crippen LogP contribution in [0, 0.1) is 11.3 Å². The van der Waals surface area contributed by atoms with Crippen molar-refractivity contribution >= 4 is 36.9 Å². The first-order valence-electron chi connectivity index (χ1n) is 14.8. The Morgan fingerprint density at radius 3 is 2.26 bits per heavy atom. The van der Waals surface area contributed by atoms with Crippen molar-refractivity contribution in [1.82, 2.24) is 14.5 Å². The molecular weight excluding hydrogens is 611 g/mol. The minimum atomic E-state index is -4.48. The lowest BCUT2D eigenvalue weighted by atomic mass is 9.94. The van der Waals surface area contributed by atoms with E-state index in [1.54, 1.807) is 6.20 Å². The second-order valence-electron chi connectivity index (χ2n) is 13.6. The molecule has 0 atom stereocenters. The quantitative estimate of drug-likeness (QED) is 0.142. The van der Waals surface area contributed by atoms with Gasteiger partial charge in [-0.1, -0.05) is 32.9 Å². The molecule has 0 saturated carbocycles. The Labute approximate surface area is 267 Å². The molecule has 0 saturated heterocycles. The summed E-state index contributed by atoms with van der Waals surface area (Å²) in [6.07, 6.45) is -1.56. The van der Waals surface area contributed by atoms with Crippen molar-refractivity contribution in [2.75, 3.05) is 12.3 Å². The summed E-state index contributed by atoms with van der Waals surface area (Å²) in [6, 6.07) is 11.0. The summed E-state index contributed by atoms with van der Waals surface area (Å²) in [5.41, 5.74) is 6.56. The van der Waals surface area contributed by atoms with E-state index in [2.05, 4.69) is 49.9 Å². The SMILES string of the molecule is CC(C)(CO[Si](C)(C)C(C)(C)C)n1cc(C(=O)c2ccc(C#N)c(CC(=O)Cc3ccc(C(F)(F)F)cc3)c2)c2cnc(N)nc21. The molecule has 0 fully saturated rings. The Bertz CT molecular complexity index is 1830. The van der Waals surface area contributed by atoms with Crippen LogP contribution in [-0.4, -0.2) is 41.0 Å². The third-order valence-electron chi connectivity index (χ3n) is 8.61. The Morgan fingerprint density at radius 2 is 1.67 bits per heavy atom. The van der Waals surface area contributed by atoms with Gasteiger partial charge in [-0.05, 0) is 73.4 Å². The standard InChI is InChI=1S/C34H38F3N5O3Si/c1-32(2,3)46(6,7)45-20-33(4,5)42-19-28(27-18-40-31(39)41-30(27)42)29(44)22-10-11-23(17-38)24(15-22)16-26(43)14-21-8-12-25(13-9-21)34(35,36)37/h8-13,15,18-19H,14,16,20H2,1-7H3,(H2,39,40,41). The van der Waals surface area contributed by atoms with Gasteiger partial charge in [-0.3, -0.25) is 9.59 Å². The van der Waals surface area contributed by atoms with Gasteiger partial charge in [0, 0.05) is 36.2 Å². The fraction of sp³-hybridized carbons (Fsp3) is 0.382. The molecule has 0 aliphatic carbocycles. The zero-order valence-electron chi connectivity index (χ0n) is 27.0. The molecule has 0 amide bonds. The van der Waals surface area contributed by atoms with Crippen molar-refractivity contribution in [3.63, 3.8) is 0 Å². The summed E-state index contributed by atoms with van der Waals surface area (Å²) in [7, 11) is -2.09. The minimum Gasteiger partial charge on any atom is -0.414 e. The van der Waals surface area contributed by atoms with E-state index in [9.17, 15) is 28.0 Å². The summed E-state index contributed by atoms with van der Waals surface area (Å²) in [6.45, 7) is 15.2. The number of nitriles is 1. The molecule has 0 aliphatic heterocycles. The number of hydrogen-bond acceptors (Lipinski definition) is 7. The van der Waals surface area contributed by atoms with Gasteiger partial charge in [0.25, 0.3) is 0 Å². The first-order chi connectivity index (χ1) is 21.2. The number of anilines is 1. The van der Waals surface area contributed by atoms with E-state index >= 15 is 0 Å². The predicted octanol–water partition coefficient (Wildman–Crippen LogP) is 7.25. The number of benzene rings is 2. The van der Waals surface area contributed by atoms with Crippen molar-refractivity contribution in [3.8, 4) is 6.07 Å². The van der Waals surface area contributed by atoms with Crippen LogP contribution in [0.25, 0.3) is 11.0 Å². The Morgan fingerprint density at radius 1 is 1.02 bits per heavy atom. The Balaban J connectivity index is 1.64. The molecule has 0 radical (unpaired) electrons. The lowest BCUT2D eigenvalue weighted by molar-refractivity contribution is -0.137. The Kier molecular flexibility index (Phi) is 9.35. The lowest BCUT2D eigenvalue weighted by Gasteiger charge is -2.39. The highest BCUT2D eigenvalue weighted by atomic mass is 28.4. The van der Waals surface area contributed by atoms with Gasteiger partial charge in [0.1, 0.15) is 11.4 Å². The van der Waals surface area contributed by atoms with Crippen LogP contribution in [-0.2, 0) is 33.8 Å². The predicted molar refractivity (Wildman–Crippen MR) is 173 cm³/mol. The summed E-state index contributed by atoms with van der Waals surface area (Å²) in [5.74, 6) is -0.622. The number of nitrogen functional groups attached to an aromatic ring is 1. The maximum atomic E-state index is 14.0. The van der Waals surface area contributed by atoms with Gasteiger partial charge in [-0.15, -0.1) is 0 Å². The molecular formula is C34H38F3N5O3Si. The van der Waals surface area contributed by atoms with E-state index in [0.29, 0.717) is 34.3 Å². The van der Waals surface area contributed by atoms with Gasteiger partial charge in [0.05, 0.1) is 34.9 Å². The monoisotopic (exact) mass is 649 g/mol. The van der Waals surface area contributed by atoms with Gasteiger partial charge in [0.15, 0.2) is 14.1 Å². The highest BCUT2D eigenvalue weighted by Gasteiger charge is 2.39. The topological polar surface area (TPSA) is 124 Å². The molecule has 0 spiro atoms. The smallest absolute Gasteiger partial charge is 0.414 e. The highest BCUT2D eigenvalue weighted by molar-refractivity contribution is 6.74. The normalized spacial score (nSPS) is 12.7. The van der Waals surface area contributed by atoms with Crippen LogP contribution in [0.1, 0.15) is 72.8 Å². The number of aromatic nitrogens is 3. The third-order valence-corrected chi connectivity index (χ3v) is 13.1. The van der Waals surface area contributed by atoms with Crippen LogP contribution in [0.3, 0.4) is 0 Å². The maximum absolute atomic E-state index is 14.0. The van der Waals surface area contributed by atoms with Crippen LogP contribution in [0.2, 0.25) is 18.1 Å². The number of Topliss-reactive ketones (excluding diaryl/α,β-unsaturated/α-hetero) is 1. The van der Waals surface area contributed by atoms with Crippen molar-refractivity contribution in [3.05, 3.63) is 88.2 Å². The molecule has 242 valence electrons. The number of rotatable bonds is 10. The minimum absolute atomic E-state index is 0.00196. The first-order valence-corrected chi connectivity index (χ1v) is 17.7. The lowest BCUT2D eigenvalue weighted by Crippen LogP contribution is -2.45. The molecule has 46 heavy (non-hydrogen) atoms. The molecule has 8 nitrogen and oxygen atoms in total. The summed E-state index contributed by atoms with van der Waals surface area (Å²) in [4.78, 5) is 35.5. The van der Waals surface area contributed by atoms with Crippen LogP contribution >= 0.6 is 0 Å². The van der Waals surface area contributed by atoms with E-state index in [0.717, 1.165) is 12.1 Å². The largest absolute Gasteiger partial charge is 0.416 e. The molecule has 0 bridgehead atoms. The molecule has 2 N–H and O–H groups in total. The number of hydrogen-bond donors (Lipinski definition) is 1. The van der Waals surface area contributed by atoms with E-state index < -0.39 is 25.6 Å². The van der Waals surface area contributed by atoms with Gasteiger partial charge >= 0.3 is 6.18 Å². The van der Waals surface area contributed by atoms with Gasteiger partial charge < -0.3 is 14.7 Å². The number of ketones is 2. The number of fused-ring (bicyclic) bond motifs is 1. The number of alkyl halides is 3. The van der Waals surface area contributed by atoms with Gasteiger partial charge in [-0.25, -0.2) is 4.98 Å². The molecule has 0 unspecified atom stereocenters. The fourth-order valence-electron chi connectivity index (χ4n) is 4.76. The van der Waals surface area contributed by atoms with Crippen molar-refractivity contribution in [2.24, 2.45) is 0 Å². The molecule has 2 aromatic heterocycles. The first kappa shape index (κ1) is 34.5. The van der Waals surface area contributed by atoms with Crippen LogP contribution in [0.15, 0.2) is 54.9 Å². The zero-order valence-corrected chi connectivity index (χ0v) is 28.0. The second-order valence-corrected chi connectivity index (χ2v) is 18.4. The molecule has 2 aromatic carbocycles. The van der Waals surface area contributed by atoms with Gasteiger partial charge in [-0.2, -0.15) is 23.4 Å². The summed E-state index contributed by atoms with van der Waals surface area (Å²) in [5, 5.41) is 10.2. The van der Waals surface area contributed by atoms with Crippen molar-refractivity contribution in [2.45, 2.75) is 77.3 Å². The molecule has 12 heteroatoms. The second kappa shape index (κ2) is 12.5. The van der Waals surface area contributed by atoms with E-state index in [-0.39, 0.29) is 46.5 Å². The number of nitrogens with zero attached hydrogens (tertiary/aromatic N) is 4. The Hall–Kier alpha value is -4.34. The number of carbonyl (C=O) groups excluding carboxylic acids is 2. The molecule has 4 aromatic rings. The van der Waals surface area contributed by atoms with Crippen molar-refractivity contribution in [1.29, 1.82) is 5.26 Å². The average molecular weight is 650 g/mol. The average Bonchev–Trinajstić information content (AvgIpc) is 3.34. The number of carbonyl (C=O) groups is 2. The van der Waals surface area contributed by atoms with Gasteiger partial charge in [0.2, 0.25) is 5.95 Å². The molecule has 4 rings (SSSR count). The van der Waals surface area contributed by atoms with E-state index in [1.807, 2.05) is 18.4 Å². The van der Waals surface area contributed by atoms with E-state index in [4.69, 9.17) is 10.2 Å². The summed E-state index contributed by atoms with van der Waals surface area (Å²) >= 11 is 0. The molecule has 2 heterocycles. The fourth-order valence-corrected chi connectivity index (χ4v) is 5.91. The highest BCUT2D eigenvalue weighted by Crippen LogP contribution is 2.38. The van der Waals surface area contributed by atoms with Crippen molar-refractivity contribution < 1.29 is 27.2 Å². The molecule has 0 aliphatic rings. The zero-order chi connectivity index (χ0) is 34.2.